The van der Waals surface area contributed by atoms with Crippen LogP contribution in [0.2, 0.25) is 0 Å². The fourth-order valence-corrected chi connectivity index (χ4v) is 5.66. The Morgan fingerprint density at radius 2 is 2.00 bits per heavy atom. The summed E-state index contributed by atoms with van der Waals surface area (Å²) in [5.41, 5.74) is 2.78. The molecule has 0 bridgehead atoms. The van der Waals surface area contributed by atoms with Crippen LogP contribution in [-0.4, -0.2) is 45.8 Å². The van der Waals surface area contributed by atoms with Crippen molar-refractivity contribution >= 4 is 0 Å². The summed E-state index contributed by atoms with van der Waals surface area (Å²) in [6.07, 6.45) is 11.9. The van der Waals surface area contributed by atoms with Gasteiger partial charge in [-0.2, -0.15) is 0 Å². The quantitative estimate of drug-likeness (QED) is 0.572. The predicted molar refractivity (Wildman–Crippen MR) is 117 cm³/mol. The van der Waals surface area contributed by atoms with Crippen molar-refractivity contribution < 1.29 is 20.1 Å². The van der Waals surface area contributed by atoms with Gasteiger partial charge in [0.1, 0.15) is 0 Å². The molecule has 3 N–H and O–H groups in total. The van der Waals surface area contributed by atoms with E-state index in [9.17, 15) is 15.3 Å². The van der Waals surface area contributed by atoms with Gasteiger partial charge in [0.2, 0.25) is 0 Å². The van der Waals surface area contributed by atoms with Gasteiger partial charge in [0.15, 0.2) is 0 Å². The molecule has 0 amide bonds. The molecule has 29 heavy (non-hydrogen) atoms. The summed E-state index contributed by atoms with van der Waals surface area (Å²) in [5, 5.41) is 30.0. The number of hydrogen-bond donors (Lipinski definition) is 3. The summed E-state index contributed by atoms with van der Waals surface area (Å²) in [7, 11) is 0. The molecule has 0 saturated heterocycles. The van der Waals surface area contributed by atoms with Crippen LogP contribution in [0.1, 0.15) is 78.6 Å². The number of fused-ring (bicyclic) bond motifs is 1. The van der Waals surface area contributed by atoms with Crippen molar-refractivity contribution in [3.63, 3.8) is 0 Å². The van der Waals surface area contributed by atoms with Crippen molar-refractivity contribution in [2.45, 2.75) is 102 Å². The monoisotopic (exact) mass is 404 g/mol. The molecule has 0 aromatic rings. The van der Waals surface area contributed by atoms with E-state index >= 15 is 0 Å². The van der Waals surface area contributed by atoms with Crippen LogP contribution in [-0.2, 0) is 4.74 Å². The van der Waals surface area contributed by atoms with E-state index in [2.05, 4.69) is 25.7 Å². The van der Waals surface area contributed by atoms with Gasteiger partial charge in [0.05, 0.1) is 23.9 Å². The zero-order valence-corrected chi connectivity index (χ0v) is 18.5. The number of allylic oxidation sites excluding steroid dienone is 3. The number of hydrogen-bond acceptors (Lipinski definition) is 4. The third-order valence-corrected chi connectivity index (χ3v) is 7.39. The van der Waals surface area contributed by atoms with Crippen LogP contribution in [0, 0.1) is 11.3 Å². The molecule has 4 heteroatoms. The lowest BCUT2D eigenvalue weighted by Gasteiger charge is -2.42. The molecule has 164 valence electrons. The molecule has 3 aliphatic rings. The second-order valence-corrected chi connectivity index (χ2v) is 10.3. The zero-order chi connectivity index (χ0) is 21.2. The van der Waals surface area contributed by atoms with Crippen molar-refractivity contribution in [2.75, 3.05) is 6.61 Å². The van der Waals surface area contributed by atoms with Crippen molar-refractivity contribution in [3.05, 3.63) is 35.5 Å². The molecule has 0 heterocycles. The molecule has 3 rings (SSSR count). The first-order valence-corrected chi connectivity index (χ1v) is 11.4. The van der Waals surface area contributed by atoms with Crippen LogP contribution in [0.4, 0.5) is 0 Å². The Morgan fingerprint density at radius 3 is 2.72 bits per heavy atom. The zero-order valence-electron chi connectivity index (χ0n) is 18.5. The normalized spacial score (nSPS) is 38.6. The average molecular weight is 405 g/mol. The summed E-state index contributed by atoms with van der Waals surface area (Å²) in [4.78, 5) is 0. The topological polar surface area (TPSA) is 69.9 Å². The summed E-state index contributed by atoms with van der Waals surface area (Å²) in [6, 6.07) is 0. The number of ether oxygens (including phenoxy) is 1. The molecule has 0 aromatic heterocycles. The largest absolute Gasteiger partial charge is 0.393 e. The van der Waals surface area contributed by atoms with Crippen LogP contribution in [0.25, 0.3) is 0 Å². The Hall–Kier alpha value is -0.940. The summed E-state index contributed by atoms with van der Waals surface area (Å²) < 4.78 is 6.32. The van der Waals surface area contributed by atoms with E-state index in [1.165, 1.54) is 18.4 Å². The fraction of sp³-hybridized carbons (Fsp3) is 0.760. The lowest BCUT2D eigenvalue weighted by Crippen LogP contribution is -2.38. The highest BCUT2D eigenvalue weighted by molar-refractivity contribution is 5.38. The fourth-order valence-electron chi connectivity index (χ4n) is 5.66. The molecule has 0 spiro atoms. The average Bonchev–Trinajstić information content (AvgIpc) is 2.96. The Kier molecular flexibility index (Phi) is 7.10. The van der Waals surface area contributed by atoms with Gasteiger partial charge < -0.3 is 20.1 Å². The smallest absolute Gasteiger partial charge is 0.0811 e. The van der Waals surface area contributed by atoms with Crippen molar-refractivity contribution in [3.8, 4) is 0 Å². The molecule has 0 aromatic carbocycles. The molecule has 0 radical (unpaired) electrons. The minimum absolute atomic E-state index is 0.180. The summed E-state index contributed by atoms with van der Waals surface area (Å²) in [6.45, 7) is 10.8. The van der Waals surface area contributed by atoms with E-state index in [1.54, 1.807) is 0 Å². The molecule has 5 atom stereocenters. The first kappa shape index (κ1) is 22.7. The molecule has 4 nitrogen and oxygen atoms in total. The highest BCUT2D eigenvalue weighted by Crippen LogP contribution is 2.55. The van der Waals surface area contributed by atoms with Gasteiger partial charge in [-0.3, -0.25) is 0 Å². The SMILES string of the molecule is C=C1/C(=C/C=C2\CCC[C@]3(C)C(OCCCC(C)(C)O)CC[C@@H]23)C[C@@H](O)C[C@@H]1O. The molecule has 3 fully saturated rings. The molecule has 0 aliphatic heterocycles. The van der Waals surface area contributed by atoms with E-state index in [-0.39, 0.29) is 5.41 Å². The lowest BCUT2D eigenvalue weighted by atomic mass is 9.66. The highest BCUT2D eigenvalue weighted by Gasteiger charge is 2.49. The molecular weight excluding hydrogens is 364 g/mol. The van der Waals surface area contributed by atoms with Crippen LogP contribution in [0.15, 0.2) is 35.5 Å². The molecule has 3 saturated carbocycles. The van der Waals surface area contributed by atoms with Crippen molar-refractivity contribution in [1.82, 2.24) is 0 Å². The Morgan fingerprint density at radius 1 is 1.24 bits per heavy atom. The summed E-state index contributed by atoms with van der Waals surface area (Å²) in [5.74, 6) is 0.541. The van der Waals surface area contributed by atoms with E-state index in [0.29, 0.717) is 24.9 Å². The standard InChI is InChI=1S/C25H40O4/c1-17-19(15-20(26)16-22(17)27)9-8-18-7-5-13-25(4)21(18)10-11-23(25)29-14-6-12-24(2,3)28/h8-9,20-23,26-28H,1,5-7,10-16H2,2-4H3/b18-8+,19-9+/t20-,21+,22+,23?,25+/m1/s1. The van der Waals surface area contributed by atoms with Crippen LogP contribution in [0.5, 0.6) is 0 Å². The number of aliphatic hydroxyl groups is 3. The molecule has 1 unspecified atom stereocenters. The molecular formula is C25H40O4. The third kappa shape index (κ3) is 5.41. The maximum atomic E-state index is 10.1. The third-order valence-electron chi connectivity index (χ3n) is 7.39. The second kappa shape index (κ2) is 9.05. The first-order valence-electron chi connectivity index (χ1n) is 11.4. The van der Waals surface area contributed by atoms with Gasteiger partial charge >= 0.3 is 0 Å². The van der Waals surface area contributed by atoms with E-state index in [4.69, 9.17) is 4.74 Å². The van der Waals surface area contributed by atoms with Gasteiger partial charge in [-0.05, 0) is 82.3 Å². The number of aliphatic hydroxyl groups excluding tert-OH is 2. The van der Waals surface area contributed by atoms with Gasteiger partial charge in [0.25, 0.3) is 0 Å². The van der Waals surface area contributed by atoms with Gasteiger partial charge in [-0.1, -0.05) is 31.2 Å². The minimum Gasteiger partial charge on any atom is -0.393 e. The second-order valence-electron chi connectivity index (χ2n) is 10.3. The Balaban J connectivity index is 1.65. The maximum absolute atomic E-state index is 10.1. The lowest BCUT2D eigenvalue weighted by molar-refractivity contribution is -0.0408. The van der Waals surface area contributed by atoms with Gasteiger partial charge in [-0.15, -0.1) is 0 Å². The Bertz CT molecular complexity index is 656. The highest BCUT2D eigenvalue weighted by atomic mass is 16.5. The van der Waals surface area contributed by atoms with Crippen molar-refractivity contribution in [1.29, 1.82) is 0 Å². The van der Waals surface area contributed by atoms with Crippen LogP contribution < -0.4 is 0 Å². The Labute approximate surface area is 176 Å². The van der Waals surface area contributed by atoms with E-state index < -0.39 is 17.8 Å². The van der Waals surface area contributed by atoms with Crippen LogP contribution in [0.3, 0.4) is 0 Å². The van der Waals surface area contributed by atoms with E-state index in [0.717, 1.165) is 49.9 Å². The van der Waals surface area contributed by atoms with Crippen molar-refractivity contribution in [2.24, 2.45) is 11.3 Å². The maximum Gasteiger partial charge on any atom is 0.0811 e. The van der Waals surface area contributed by atoms with Gasteiger partial charge in [-0.25, -0.2) is 0 Å². The summed E-state index contributed by atoms with van der Waals surface area (Å²) >= 11 is 0. The van der Waals surface area contributed by atoms with Crippen LogP contribution >= 0.6 is 0 Å². The molecule has 3 aliphatic carbocycles. The number of rotatable bonds is 6. The van der Waals surface area contributed by atoms with E-state index in [1.807, 2.05) is 13.8 Å². The van der Waals surface area contributed by atoms with Gasteiger partial charge in [0, 0.05) is 18.4 Å². The first-order chi connectivity index (χ1) is 13.6. The predicted octanol–water partition coefficient (Wildman–Crippen LogP) is 4.45. The minimum atomic E-state index is -0.631.